The first-order valence-corrected chi connectivity index (χ1v) is 7.63. The highest BCUT2D eigenvalue weighted by Crippen LogP contribution is 2.16. The van der Waals surface area contributed by atoms with E-state index in [-0.39, 0.29) is 4.90 Å². The standard InChI is InChI=1S/C15H10N2O3S/c18-14-15(21(19,20)12-7-2-1-3-8-12)16-10-11-6-4-5-9-13(11)17-14/h1-10H. The lowest BCUT2D eigenvalue weighted by Gasteiger charge is -1.99. The molecule has 0 aliphatic heterocycles. The second-order valence-electron chi connectivity index (χ2n) is 4.36. The lowest BCUT2D eigenvalue weighted by molar-refractivity contribution is 0.591. The van der Waals surface area contributed by atoms with Gasteiger partial charge in [-0.05, 0) is 18.2 Å². The maximum absolute atomic E-state index is 12.5. The summed E-state index contributed by atoms with van der Waals surface area (Å²) in [5.74, 6) is 0. The van der Waals surface area contributed by atoms with Crippen molar-refractivity contribution >= 4 is 20.7 Å². The Kier molecular flexibility index (Phi) is 3.23. The van der Waals surface area contributed by atoms with E-state index in [2.05, 4.69) is 9.97 Å². The molecule has 0 unspecified atom stereocenters. The maximum Gasteiger partial charge on any atom is 0.308 e. The van der Waals surface area contributed by atoms with Gasteiger partial charge in [0.25, 0.3) is 0 Å². The van der Waals surface area contributed by atoms with E-state index >= 15 is 0 Å². The molecule has 0 fully saturated rings. The third kappa shape index (κ3) is 2.41. The average molecular weight is 298 g/mol. The summed E-state index contributed by atoms with van der Waals surface area (Å²) in [5, 5.41) is 0.0361. The fourth-order valence-electron chi connectivity index (χ4n) is 1.93. The van der Waals surface area contributed by atoms with Gasteiger partial charge >= 0.3 is 5.56 Å². The van der Waals surface area contributed by atoms with Crippen LogP contribution in [0.15, 0.2) is 75.5 Å². The van der Waals surface area contributed by atoms with E-state index < -0.39 is 20.4 Å². The van der Waals surface area contributed by atoms with E-state index in [1.807, 2.05) is 0 Å². The maximum atomic E-state index is 12.5. The highest BCUT2D eigenvalue weighted by molar-refractivity contribution is 7.91. The Bertz CT molecular complexity index is 971. The topological polar surface area (TPSA) is 77.0 Å². The third-order valence-electron chi connectivity index (χ3n) is 2.97. The molecule has 6 heteroatoms. The molecular weight excluding hydrogens is 288 g/mol. The van der Waals surface area contributed by atoms with Crippen LogP contribution in [0.3, 0.4) is 0 Å². The number of hydrogen-bond donors (Lipinski definition) is 0. The predicted octanol–water partition coefficient (Wildman–Crippen LogP) is 1.82. The van der Waals surface area contributed by atoms with Gasteiger partial charge in [0.15, 0.2) is 0 Å². The van der Waals surface area contributed by atoms with Gasteiger partial charge in [-0.25, -0.2) is 18.4 Å². The summed E-state index contributed by atoms with van der Waals surface area (Å²) in [6, 6.07) is 14.6. The Labute approximate surface area is 120 Å². The summed E-state index contributed by atoms with van der Waals surface area (Å²) in [7, 11) is -3.98. The van der Waals surface area contributed by atoms with E-state index in [1.165, 1.54) is 18.3 Å². The summed E-state index contributed by atoms with van der Waals surface area (Å²) in [6.07, 6.45) is 1.35. The number of nitrogens with zero attached hydrogens (tertiary/aromatic N) is 2. The van der Waals surface area contributed by atoms with E-state index in [9.17, 15) is 13.2 Å². The van der Waals surface area contributed by atoms with E-state index in [4.69, 9.17) is 0 Å². The normalized spacial score (nSPS) is 11.4. The van der Waals surface area contributed by atoms with Crippen LogP contribution in [-0.2, 0) is 9.84 Å². The minimum absolute atomic E-state index is 0.0201. The molecule has 0 amide bonds. The van der Waals surface area contributed by atoms with Gasteiger partial charge in [-0.3, -0.25) is 4.79 Å². The van der Waals surface area contributed by atoms with Crippen molar-refractivity contribution in [3.05, 3.63) is 71.1 Å². The molecule has 2 aromatic carbocycles. The fraction of sp³-hybridized carbons (Fsp3) is 0. The summed E-state index contributed by atoms with van der Waals surface area (Å²) < 4.78 is 24.9. The number of benzene rings is 2. The molecule has 0 aliphatic rings. The highest BCUT2D eigenvalue weighted by atomic mass is 32.2. The molecule has 0 saturated heterocycles. The highest BCUT2D eigenvalue weighted by Gasteiger charge is 2.22. The van der Waals surface area contributed by atoms with Gasteiger partial charge < -0.3 is 0 Å². The van der Waals surface area contributed by atoms with E-state index in [1.54, 1.807) is 42.5 Å². The third-order valence-corrected chi connectivity index (χ3v) is 4.65. The van der Waals surface area contributed by atoms with Gasteiger partial charge in [0.2, 0.25) is 14.9 Å². The zero-order valence-corrected chi connectivity index (χ0v) is 11.6. The number of hydrogen-bond acceptors (Lipinski definition) is 5. The van der Waals surface area contributed by atoms with Crippen LogP contribution >= 0.6 is 0 Å². The minimum atomic E-state index is -3.98. The molecule has 0 spiro atoms. The van der Waals surface area contributed by atoms with Crippen molar-refractivity contribution in [2.24, 2.45) is 0 Å². The number of rotatable bonds is 2. The monoisotopic (exact) mass is 298 g/mol. The van der Waals surface area contributed by atoms with Crippen LogP contribution in [0.2, 0.25) is 0 Å². The first-order chi connectivity index (χ1) is 10.1. The first kappa shape index (κ1) is 13.4. The van der Waals surface area contributed by atoms with Crippen LogP contribution in [0, 0.1) is 0 Å². The molecule has 5 nitrogen and oxygen atoms in total. The molecule has 104 valence electrons. The zero-order valence-electron chi connectivity index (χ0n) is 10.8. The minimum Gasteiger partial charge on any atom is -0.264 e. The Morgan fingerprint density at radius 2 is 1.52 bits per heavy atom. The number of para-hydroxylation sites is 1. The van der Waals surface area contributed by atoms with Crippen LogP contribution < -0.4 is 5.56 Å². The average Bonchev–Trinajstić information content (AvgIpc) is 2.66. The van der Waals surface area contributed by atoms with Crippen LogP contribution in [0.4, 0.5) is 0 Å². The van der Waals surface area contributed by atoms with E-state index in [0.717, 1.165) is 0 Å². The van der Waals surface area contributed by atoms with Gasteiger partial charge in [0, 0.05) is 11.6 Å². The Morgan fingerprint density at radius 1 is 0.857 bits per heavy atom. The van der Waals surface area contributed by atoms with Crippen molar-refractivity contribution in [1.82, 2.24) is 9.97 Å². The smallest absolute Gasteiger partial charge is 0.264 e. The quantitative estimate of drug-likeness (QED) is 0.721. The van der Waals surface area contributed by atoms with Crippen LogP contribution in [-0.4, -0.2) is 18.4 Å². The Hall–Kier alpha value is -2.60. The molecular formula is C15H10N2O3S. The first-order valence-electron chi connectivity index (χ1n) is 6.15. The van der Waals surface area contributed by atoms with Gasteiger partial charge in [-0.1, -0.05) is 36.4 Å². The van der Waals surface area contributed by atoms with Crippen molar-refractivity contribution in [2.75, 3.05) is 0 Å². The SMILES string of the molecule is O=c1nc2ccccc2cnc1S(=O)(=O)c1ccccc1. The molecule has 0 bridgehead atoms. The molecule has 0 aliphatic carbocycles. The van der Waals surface area contributed by atoms with Crippen molar-refractivity contribution in [3.8, 4) is 0 Å². The van der Waals surface area contributed by atoms with Crippen LogP contribution in [0.1, 0.15) is 0 Å². The number of aromatic nitrogens is 2. The van der Waals surface area contributed by atoms with E-state index in [0.29, 0.717) is 10.9 Å². The molecule has 1 aromatic heterocycles. The molecule has 0 saturated carbocycles. The lowest BCUT2D eigenvalue weighted by atomic mass is 10.2. The van der Waals surface area contributed by atoms with Crippen molar-refractivity contribution < 1.29 is 8.42 Å². The second kappa shape index (κ2) is 5.06. The van der Waals surface area contributed by atoms with Gasteiger partial charge in [0.05, 0.1) is 10.4 Å². The molecule has 0 N–H and O–H groups in total. The van der Waals surface area contributed by atoms with Crippen molar-refractivity contribution in [3.63, 3.8) is 0 Å². The summed E-state index contributed by atoms with van der Waals surface area (Å²) in [6.45, 7) is 0. The molecule has 0 atom stereocenters. The van der Waals surface area contributed by atoms with Crippen LogP contribution in [0.5, 0.6) is 0 Å². The summed E-state index contributed by atoms with van der Waals surface area (Å²) >= 11 is 0. The Balaban J connectivity index is 2.31. The predicted molar refractivity (Wildman–Crippen MR) is 77.7 cm³/mol. The lowest BCUT2D eigenvalue weighted by Crippen LogP contribution is -2.17. The van der Waals surface area contributed by atoms with Gasteiger partial charge in [-0.2, -0.15) is 0 Å². The largest absolute Gasteiger partial charge is 0.308 e. The van der Waals surface area contributed by atoms with Crippen LogP contribution in [0.25, 0.3) is 10.9 Å². The molecule has 21 heavy (non-hydrogen) atoms. The molecule has 1 heterocycles. The molecule has 3 aromatic rings. The van der Waals surface area contributed by atoms with Gasteiger partial charge in [-0.15, -0.1) is 0 Å². The fourth-order valence-corrected chi connectivity index (χ4v) is 3.14. The molecule has 0 radical (unpaired) electrons. The van der Waals surface area contributed by atoms with Crippen molar-refractivity contribution in [2.45, 2.75) is 9.92 Å². The number of fused-ring (bicyclic) bond motifs is 1. The summed E-state index contributed by atoms with van der Waals surface area (Å²) in [5.41, 5.74) is -0.454. The second-order valence-corrected chi connectivity index (χ2v) is 6.22. The molecule has 3 rings (SSSR count). The Morgan fingerprint density at radius 3 is 2.29 bits per heavy atom. The van der Waals surface area contributed by atoms with Gasteiger partial charge in [0.1, 0.15) is 0 Å². The number of sulfone groups is 1. The zero-order chi connectivity index (χ0) is 14.9. The summed E-state index contributed by atoms with van der Waals surface area (Å²) in [4.78, 5) is 19.8. The van der Waals surface area contributed by atoms with Crippen molar-refractivity contribution in [1.29, 1.82) is 0 Å².